The molecule has 3 nitrogen and oxygen atoms in total. The summed E-state index contributed by atoms with van der Waals surface area (Å²) in [7, 11) is 0. The van der Waals surface area contributed by atoms with Crippen LogP contribution in [-0.4, -0.2) is 50.3 Å². The van der Waals surface area contributed by atoms with Gasteiger partial charge in [-0.3, -0.25) is 4.90 Å². The quantitative estimate of drug-likeness (QED) is 0.900. The Bertz CT molecular complexity index is 408. The highest BCUT2D eigenvalue weighted by atomic mass is 32.1. The predicted molar refractivity (Wildman–Crippen MR) is 75.5 cm³/mol. The van der Waals surface area contributed by atoms with Gasteiger partial charge in [-0.05, 0) is 30.9 Å². The molecular formula is C14H22N2OS. The Morgan fingerprint density at radius 3 is 2.61 bits per heavy atom. The van der Waals surface area contributed by atoms with Crippen LogP contribution >= 0.6 is 11.3 Å². The Hall–Kier alpha value is -0.420. The summed E-state index contributed by atoms with van der Waals surface area (Å²) >= 11 is 1.90. The fourth-order valence-electron chi connectivity index (χ4n) is 3.19. The van der Waals surface area contributed by atoms with Gasteiger partial charge in [-0.1, -0.05) is 0 Å². The number of thiophene rings is 1. The Kier molecular flexibility index (Phi) is 3.45. The lowest BCUT2D eigenvalue weighted by molar-refractivity contribution is -0.0987. The zero-order valence-electron chi connectivity index (χ0n) is 11.2. The van der Waals surface area contributed by atoms with E-state index in [1.807, 2.05) is 11.3 Å². The molecule has 1 N–H and O–H groups in total. The lowest BCUT2D eigenvalue weighted by Crippen LogP contribution is -2.62. The fourth-order valence-corrected chi connectivity index (χ4v) is 4.37. The van der Waals surface area contributed by atoms with Gasteiger partial charge in [0.05, 0.1) is 18.6 Å². The van der Waals surface area contributed by atoms with E-state index in [-0.39, 0.29) is 5.41 Å². The smallest absolute Gasteiger partial charge is 0.0669 e. The molecule has 3 heterocycles. The standard InChI is InChI=1S/C14H22N2OS/c1-11-3-8-18-13(11)14(9-17-10-14)12(2)16-6-4-15-5-7-16/h3,8,12,15H,4-7,9-10H2,1-2H3. The van der Waals surface area contributed by atoms with E-state index >= 15 is 0 Å². The molecule has 0 radical (unpaired) electrons. The number of piperazine rings is 1. The van der Waals surface area contributed by atoms with Gasteiger partial charge in [-0.25, -0.2) is 0 Å². The number of rotatable bonds is 3. The third kappa shape index (κ3) is 1.92. The van der Waals surface area contributed by atoms with Gasteiger partial charge in [0.1, 0.15) is 0 Å². The molecule has 0 saturated carbocycles. The van der Waals surface area contributed by atoms with Crippen LogP contribution in [0.3, 0.4) is 0 Å². The summed E-state index contributed by atoms with van der Waals surface area (Å²) in [6.07, 6.45) is 0. The molecule has 18 heavy (non-hydrogen) atoms. The van der Waals surface area contributed by atoms with Crippen LogP contribution in [0.15, 0.2) is 11.4 Å². The number of nitrogens with one attached hydrogen (secondary N) is 1. The molecule has 1 atom stereocenters. The number of aryl methyl sites for hydroxylation is 1. The molecule has 1 aromatic rings. The third-order valence-corrected chi connectivity index (χ3v) is 5.77. The minimum Gasteiger partial charge on any atom is -0.379 e. The van der Waals surface area contributed by atoms with Crippen LogP contribution in [-0.2, 0) is 10.2 Å². The zero-order chi connectivity index (χ0) is 12.6. The molecule has 3 rings (SSSR count). The van der Waals surface area contributed by atoms with Crippen molar-refractivity contribution in [3.8, 4) is 0 Å². The van der Waals surface area contributed by atoms with Gasteiger partial charge in [-0.15, -0.1) is 11.3 Å². The van der Waals surface area contributed by atoms with Crippen molar-refractivity contribution in [2.24, 2.45) is 0 Å². The van der Waals surface area contributed by atoms with E-state index < -0.39 is 0 Å². The summed E-state index contributed by atoms with van der Waals surface area (Å²) < 4.78 is 5.59. The van der Waals surface area contributed by atoms with Gasteiger partial charge in [0.2, 0.25) is 0 Å². The molecule has 2 saturated heterocycles. The molecule has 2 aliphatic heterocycles. The second-order valence-electron chi connectivity index (χ2n) is 5.54. The van der Waals surface area contributed by atoms with E-state index in [1.54, 1.807) is 4.88 Å². The minimum atomic E-state index is 0.246. The van der Waals surface area contributed by atoms with Gasteiger partial charge >= 0.3 is 0 Å². The monoisotopic (exact) mass is 266 g/mol. The second kappa shape index (κ2) is 4.93. The van der Waals surface area contributed by atoms with Crippen LogP contribution in [0.25, 0.3) is 0 Å². The van der Waals surface area contributed by atoms with Gasteiger partial charge in [0.15, 0.2) is 0 Å². The van der Waals surface area contributed by atoms with Gasteiger partial charge < -0.3 is 10.1 Å². The van der Waals surface area contributed by atoms with Crippen molar-refractivity contribution in [1.29, 1.82) is 0 Å². The summed E-state index contributed by atoms with van der Waals surface area (Å²) in [6, 6.07) is 2.82. The maximum atomic E-state index is 5.59. The lowest BCUT2D eigenvalue weighted by Gasteiger charge is -2.50. The van der Waals surface area contributed by atoms with E-state index in [9.17, 15) is 0 Å². The topological polar surface area (TPSA) is 24.5 Å². The number of nitrogens with zero attached hydrogens (tertiary/aromatic N) is 1. The van der Waals surface area contributed by atoms with Gasteiger partial charge in [0.25, 0.3) is 0 Å². The summed E-state index contributed by atoms with van der Waals surface area (Å²) in [5.41, 5.74) is 1.68. The van der Waals surface area contributed by atoms with Crippen LogP contribution in [0.5, 0.6) is 0 Å². The minimum absolute atomic E-state index is 0.246. The molecule has 100 valence electrons. The average Bonchev–Trinajstić information content (AvgIpc) is 2.76. The van der Waals surface area contributed by atoms with Crippen molar-refractivity contribution in [2.75, 3.05) is 39.4 Å². The molecule has 1 aromatic heterocycles. The van der Waals surface area contributed by atoms with Crippen LogP contribution in [0, 0.1) is 6.92 Å². The first-order valence-corrected chi connectivity index (χ1v) is 7.69. The Balaban J connectivity index is 1.85. The SMILES string of the molecule is Cc1ccsc1C1(C(C)N2CCNCC2)COC1. The van der Waals surface area contributed by atoms with E-state index in [1.165, 1.54) is 5.56 Å². The second-order valence-corrected chi connectivity index (χ2v) is 6.46. The number of hydrogen-bond acceptors (Lipinski definition) is 4. The van der Waals surface area contributed by atoms with Crippen LogP contribution in [0.4, 0.5) is 0 Å². The largest absolute Gasteiger partial charge is 0.379 e. The Morgan fingerprint density at radius 1 is 1.39 bits per heavy atom. The van der Waals surface area contributed by atoms with Crippen LogP contribution in [0.2, 0.25) is 0 Å². The molecule has 2 fully saturated rings. The lowest BCUT2D eigenvalue weighted by atomic mass is 9.75. The van der Waals surface area contributed by atoms with Crippen molar-refractivity contribution in [3.05, 3.63) is 21.9 Å². The predicted octanol–water partition coefficient (Wildman–Crippen LogP) is 1.62. The average molecular weight is 266 g/mol. The van der Waals surface area contributed by atoms with E-state index in [4.69, 9.17) is 4.74 Å². The molecule has 0 bridgehead atoms. The molecule has 4 heteroatoms. The summed E-state index contributed by atoms with van der Waals surface area (Å²) in [5.74, 6) is 0. The summed E-state index contributed by atoms with van der Waals surface area (Å²) in [5, 5.41) is 5.65. The van der Waals surface area contributed by atoms with Gasteiger partial charge in [-0.2, -0.15) is 0 Å². The maximum Gasteiger partial charge on any atom is 0.0669 e. The van der Waals surface area contributed by atoms with E-state index in [0.29, 0.717) is 6.04 Å². The van der Waals surface area contributed by atoms with Crippen molar-refractivity contribution < 1.29 is 4.74 Å². The molecule has 1 unspecified atom stereocenters. The maximum absolute atomic E-state index is 5.59. The van der Waals surface area contributed by atoms with Crippen molar-refractivity contribution in [2.45, 2.75) is 25.3 Å². The number of ether oxygens (including phenoxy) is 1. The highest BCUT2D eigenvalue weighted by molar-refractivity contribution is 7.10. The fraction of sp³-hybridized carbons (Fsp3) is 0.714. The normalized spacial score (nSPS) is 25.7. The molecule has 0 aliphatic carbocycles. The first-order chi connectivity index (χ1) is 8.74. The Morgan fingerprint density at radius 2 is 2.11 bits per heavy atom. The van der Waals surface area contributed by atoms with Crippen molar-refractivity contribution in [3.63, 3.8) is 0 Å². The molecule has 0 amide bonds. The van der Waals surface area contributed by atoms with Crippen molar-refractivity contribution in [1.82, 2.24) is 10.2 Å². The Labute approximate surface area is 113 Å². The highest BCUT2D eigenvalue weighted by Gasteiger charge is 2.48. The third-order valence-electron chi connectivity index (χ3n) is 4.53. The van der Waals surface area contributed by atoms with Crippen LogP contribution in [0.1, 0.15) is 17.4 Å². The molecule has 0 aromatic carbocycles. The molecule has 2 aliphatic rings. The molecule has 0 spiro atoms. The van der Waals surface area contributed by atoms with Crippen molar-refractivity contribution >= 4 is 11.3 Å². The zero-order valence-corrected chi connectivity index (χ0v) is 12.1. The molecular weight excluding hydrogens is 244 g/mol. The van der Waals surface area contributed by atoms with E-state index in [0.717, 1.165) is 39.4 Å². The van der Waals surface area contributed by atoms with E-state index in [2.05, 4.69) is 35.5 Å². The first kappa shape index (κ1) is 12.6. The number of hydrogen-bond donors (Lipinski definition) is 1. The van der Waals surface area contributed by atoms with Crippen LogP contribution < -0.4 is 5.32 Å². The first-order valence-electron chi connectivity index (χ1n) is 6.81. The highest BCUT2D eigenvalue weighted by Crippen LogP contribution is 2.42. The summed E-state index contributed by atoms with van der Waals surface area (Å²) in [4.78, 5) is 4.16. The summed E-state index contributed by atoms with van der Waals surface area (Å²) in [6.45, 7) is 10.9. The van der Waals surface area contributed by atoms with Gasteiger partial charge in [0, 0.05) is 37.1 Å².